The van der Waals surface area contributed by atoms with Crippen LogP contribution in [0.4, 0.5) is 10.1 Å². The molecule has 7 heteroatoms. The van der Waals surface area contributed by atoms with Gasteiger partial charge >= 0.3 is 0 Å². The summed E-state index contributed by atoms with van der Waals surface area (Å²) in [6.07, 6.45) is 0. The van der Waals surface area contributed by atoms with E-state index in [0.717, 1.165) is 0 Å². The lowest BCUT2D eigenvalue weighted by molar-refractivity contribution is 0.494. The summed E-state index contributed by atoms with van der Waals surface area (Å²) in [7, 11) is -3.81. The fourth-order valence-corrected chi connectivity index (χ4v) is 2.65. The molecule has 0 aliphatic rings. The SMILES string of the molecule is CC(C)(C)NS(=O)(=O)Nc1ccc(CN)cc1F. The van der Waals surface area contributed by atoms with Gasteiger partial charge in [0, 0.05) is 12.1 Å². The summed E-state index contributed by atoms with van der Waals surface area (Å²) < 4.78 is 41.5. The highest BCUT2D eigenvalue weighted by molar-refractivity contribution is 7.90. The number of hydrogen-bond acceptors (Lipinski definition) is 3. The molecule has 0 aromatic heterocycles. The lowest BCUT2D eigenvalue weighted by Crippen LogP contribution is -2.43. The van der Waals surface area contributed by atoms with Crippen LogP contribution >= 0.6 is 0 Å². The van der Waals surface area contributed by atoms with Crippen molar-refractivity contribution in [2.24, 2.45) is 5.73 Å². The number of halogens is 1. The molecular weight excluding hydrogens is 257 g/mol. The number of nitrogens with one attached hydrogen (secondary N) is 2. The van der Waals surface area contributed by atoms with Gasteiger partial charge in [-0.3, -0.25) is 4.72 Å². The second-order valence-corrected chi connectivity index (χ2v) is 6.39. The molecule has 4 N–H and O–H groups in total. The minimum absolute atomic E-state index is 0.107. The van der Waals surface area contributed by atoms with Gasteiger partial charge in [0.1, 0.15) is 5.82 Å². The topological polar surface area (TPSA) is 84.2 Å². The van der Waals surface area contributed by atoms with Crippen molar-refractivity contribution < 1.29 is 12.8 Å². The minimum Gasteiger partial charge on any atom is -0.326 e. The van der Waals surface area contributed by atoms with Gasteiger partial charge in [0.2, 0.25) is 0 Å². The van der Waals surface area contributed by atoms with Crippen LogP contribution in [0.1, 0.15) is 26.3 Å². The first-order valence-electron chi connectivity index (χ1n) is 5.43. The number of anilines is 1. The highest BCUT2D eigenvalue weighted by Crippen LogP contribution is 2.17. The highest BCUT2D eigenvalue weighted by atomic mass is 32.2. The molecule has 0 saturated heterocycles. The van der Waals surface area contributed by atoms with Gasteiger partial charge in [-0.25, -0.2) is 4.39 Å². The third-order valence-corrected chi connectivity index (χ3v) is 3.32. The Labute approximate surface area is 107 Å². The van der Waals surface area contributed by atoms with E-state index in [1.807, 2.05) is 0 Å². The second-order valence-electron chi connectivity index (χ2n) is 4.98. The lowest BCUT2D eigenvalue weighted by atomic mass is 10.1. The summed E-state index contributed by atoms with van der Waals surface area (Å²) in [4.78, 5) is 0. The Bertz CT molecular complexity index is 524. The number of benzene rings is 1. The van der Waals surface area contributed by atoms with Crippen molar-refractivity contribution >= 4 is 15.9 Å². The van der Waals surface area contributed by atoms with Gasteiger partial charge in [-0.05, 0) is 38.5 Å². The first-order chi connectivity index (χ1) is 8.13. The third-order valence-electron chi connectivity index (χ3n) is 1.95. The van der Waals surface area contributed by atoms with Crippen LogP contribution < -0.4 is 15.2 Å². The molecule has 0 unspecified atom stereocenters. The van der Waals surface area contributed by atoms with Gasteiger partial charge in [-0.2, -0.15) is 13.1 Å². The molecule has 0 radical (unpaired) electrons. The van der Waals surface area contributed by atoms with Crippen LogP contribution in [-0.4, -0.2) is 14.0 Å². The van der Waals surface area contributed by atoms with Gasteiger partial charge in [0.05, 0.1) is 5.69 Å². The average molecular weight is 275 g/mol. The molecular formula is C11H18FN3O2S. The molecule has 102 valence electrons. The van der Waals surface area contributed by atoms with Gasteiger partial charge in [-0.15, -0.1) is 0 Å². The Morgan fingerprint density at radius 3 is 2.39 bits per heavy atom. The molecule has 1 rings (SSSR count). The molecule has 1 aromatic rings. The van der Waals surface area contributed by atoms with Crippen molar-refractivity contribution in [2.75, 3.05) is 4.72 Å². The first kappa shape index (κ1) is 14.9. The van der Waals surface area contributed by atoms with Crippen LogP contribution in [0, 0.1) is 5.82 Å². The van der Waals surface area contributed by atoms with Crippen LogP contribution in [0.25, 0.3) is 0 Å². The standard InChI is InChI=1S/C11H18FN3O2S/c1-11(2,3)15-18(16,17)14-10-5-4-8(7-13)6-9(10)12/h4-6,14-15H,7,13H2,1-3H3. The molecule has 0 aliphatic heterocycles. The number of hydrogen-bond donors (Lipinski definition) is 3. The fraction of sp³-hybridized carbons (Fsp3) is 0.455. The minimum atomic E-state index is -3.81. The molecule has 0 saturated carbocycles. The Kier molecular flexibility index (Phi) is 4.31. The van der Waals surface area contributed by atoms with Gasteiger partial charge in [0.25, 0.3) is 10.2 Å². The quantitative estimate of drug-likeness (QED) is 0.775. The van der Waals surface area contributed by atoms with Crippen molar-refractivity contribution in [3.05, 3.63) is 29.6 Å². The first-order valence-corrected chi connectivity index (χ1v) is 6.91. The maximum atomic E-state index is 13.6. The molecule has 0 amide bonds. The normalized spacial score (nSPS) is 12.5. The van der Waals surface area contributed by atoms with Gasteiger partial charge in [0.15, 0.2) is 0 Å². The summed E-state index contributed by atoms with van der Waals surface area (Å²) in [5.41, 5.74) is 5.21. The summed E-state index contributed by atoms with van der Waals surface area (Å²) >= 11 is 0. The maximum absolute atomic E-state index is 13.6. The van der Waals surface area contributed by atoms with E-state index in [1.54, 1.807) is 26.8 Å². The molecule has 0 spiro atoms. The molecule has 18 heavy (non-hydrogen) atoms. The zero-order valence-electron chi connectivity index (χ0n) is 10.6. The molecule has 1 aromatic carbocycles. The Morgan fingerprint density at radius 1 is 1.33 bits per heavy atom. The van der Waals surface area contributed by atoms with Gasteiger partial charge in [-0.1, -0.05) is 6.07 Å². The lowest BCUT2D eigenvalue weighted by Gasteiger charge is -2.21. The summed E-state index contributed by atoms with van der Waals surface area (Å²) in [5, 5.41) is 0. The Morgan fingerprint density at radius 2 is 1.94 bits per heavy atom. The summed E-state index contributed by atoms with van der Waals surface area (Å²) in [6.45, 7) is 5.28. The van der Waals surface area contributed by atoms with E-state index in [-0.39, 0.29) is 12.2 Å². The van der Waals surface area contributed by atoms with Crippen molar-refractivity contribution in [3.63, 3.8) is 0 Å². The van der Waals surface area contributed by atoms with E-state index in [0.29, 0.717) is 5.56 Å². The van der Waals surface area contributed by atoms with E-state index >= 15 is 0 Å². The third kappa shape index (κ3) is 4.59. The van der Waals surface area contributed by atoms with Crippen LogP contribution in [0.3, 0.4) is 0 Å². The molecule has 5 nitrogen and oxygen atoms in total. The average Bonchev–Trinajstić information content (AvgIpc) is 2.17. The van der Waals surface area contributed by atoms with Crippen molar-refractivity contribution in [1.29, 1.82) is 0 Å². The number of nitrogens with two attached hydrogens (primary N) is 1. The number of rotatable bonds is 4. The molecule has 0 aliphatic carbocycles. The van der Waals surface area contributed by atoms with E-state index in [1.165, 1.54) is 12.1 Å². The van der Waals surface area contributed by atoms with Crippen LogP contribution in [-0.2, 0) is 16.8 Å². The molecule has 0 fully saturated rings. The van der Waals surface area contributed by atoms with E-state index < -0.39 is 21.6 Å². The van der Waals surface area contributed by atoms with Crippen molar-refractivity contribution in [3.8, 4) is 0 Å². The fourth-order valence-electron chi connectivity index (χ4n) is 1.34. The smallest absolute Gasteiger partial charge is 0.299 e. The van der Waals surface area contributed by atoms with Crippen LogP contribution in [0.15, 0.2) is 18.2 Å². The van der Waals surface area contributed by atoms with E-state index in [9.17, 15) is 12.8 Å². The van der Waals surface area contributed by atoms with Crippen LogP contribution in [0.2, 0.25) is 0 Å². The molecule has 0 atom stereocenters. The highest BCUT2D eigenvalue weighted by Gasteiger charge is 2.20. The zero-order chi connectivity index (χ0) is 14.0. The monoisotopic (exact) mass is 275 g/mol. The van der Waals surface area contributed by atoms with Crippen molar-refractivity contribution in [1.82, 2.24) is 4.72 Å². The second kappa shape index (κ2) is 5.21. The Balaban J connectivity index is 2.91. The molecule has 0 heterocycles. The van der Waals surface area contributed by atoms with Crippen molar-refractivity contribution in [2.45, 2.75) is 32.9 Å². The predicted molar refractivity (Wildman–Crippen MR) is 69.7 cm³/mol. The van der Waals surface area contributed by atoms with E-state index in [4.69, 9.17) is 5.73 Å². The van der Waals surface area contributed by atoms with E-state index in [2.05, 4.69) is 9.44 Å². The summed E-state index contributed by atoms with van der Waals surface area (Å²) in [5.74, 6) is -0.655. The molecule has 0 bridgehead atoms. The van der Waals surface area contributed by atoms with Gasteiger partial charge < -0.3 is 5.73 Å². The predicted octanol–water partition coefficient (Wildman–Crippen LogP) is 1.33. The zero-order valence-corrected chi connectivity index (χ0v) is 11.4. The van der Waals surface area contributed by atoms with Crippen LogP contribution in [0.5, 0.6) is 0 Å². The maximum Gasteiger partial charge on any atom is 0.299 e. The Hall–Kier alpha value is -1.18. The largest absolute Gasteiger partial charge is 0.326 e. The summed E-state index contributed by atoms with van der Waals surface area (Å²) in [6, 6.07) is 4.12.